The van der Waals surface area contributed by atoms with Crippen LogP contribution in [0.25, 0.3) is 0 Å². The monoisotopic (exact) mass is 324 g/mol. The molecule has 2 aromatic rings. The van der Waals surface area contributed by atoms with Crippen LogP contribution in [0.4, 0.5) is 4.39 Å². The molecule has 0 aliphatic carbocycles. The van der Waals surface area contributed by atoms with Gasteiger partial charge in [0.2, 0.25) is 0 Å². The molecule has 19 heavy (non-hydrogen) atoms. The maximum Gasteiger partial charge on any atom is 0.130 e. The first-order chi connectivity index (χ1) is 8.97. The fourth-order valence-corrected chi connectivity index (χ4v) is 2.37. The van der Waals surface area contributed by atoms with Crippen LogP contribution in [0.3, 0.4) is 0 Å². The Labute approximate surface area is 120 Å². The SMILES string of the molecule is Cc1ccc(Oc2ccc([C@H](C)O)c(Br)c2)cc1F. The summed E-state index contributed by atoms with van der Waals surface area (Å²) in [5.41, 5.74) is 1.36. The molecule has 1 N–H and O–H groups in total. The van der Waals surface area contributed by atoms with Crippen molar-refractivity contribution in [1.82, 2.24) is 0 Å². The van der Waals surface area contributed by atoms with Crippen molar-refractivity contribution in [3.8, 4) is 11.5 Å². The second-order valence-corrected chi connectivity index (χ2v) is 5.23. The number of halogens is 2. The van der Waals surface area contributed by atoms with Gasteiger partial charge in [0, 0.05) is 10.5 Å². The van der Waals surface area contributed by atoms with E-state index in [2.05, 4.69) is 15.9 Å². The van der Waals surface area contributed by atoms with Crippen molar-refractivity contribution < 1.29 is 14.2 Å². The van der Waals surface area contributed by atoms with E-state index in [4.69, 9.17) is 4.74 Å². The Morgan fingerprint density at radius 2 is 1.79 bits per heavy atom. The minimum atomic E-state index is -0.555. The molecule has 0 saturated carbocycles. The van der Waals surface area contributed by atoms with Crippen LogP contribution in [-0.2, 0) is 0 Å². The summed E-state index contributed by atoms with van der Waals surface area (Å²) in [7, 11) is 0. The highest BCUT2D eigenvalue weighted by atomic mass is 79.9. The lowest BCUT2D eigenvalue weighted by molar-refractivity contribution is 0.198. The highest BCUT2D eigenvalue weighted by Crippen LogP contribution is 2.30. The lowest BCUT2D eigenvalue weighted by Crippen LogP contribution is -1.93. The van der Waals surface area contributed by atoms with Crippen LogP contribution in [0.15, 0.2) is 40.9 Å². The molecular weight excluding hydrogens is 311 g/mol. The number of hydrogen-bond donors (Lipinski definition) is 1. The molecule has 0 heterocycles. The van der Waals surface area contributed by atoms with E-state index in [1.165, 1.54) is 6.07 Å². The quantitative estimate of drug-likeness (QED) is 0.883. The third-order valence-electron chi connectivity index (χ3n) is 2.80. The molecule has 0 aliphatic heterocycles. The predicted octanol–water partition coefficient (Wildman–Crippen LogP) is 4.74. The van der Waals surface area contributed by atoms with Gasteiger partial charge in [0.05, 0.1) is 6.10 Å². The van der Waals surface area contributed by atoms with Crippen LogP contribution in [-0.4, -0.2) is 5.11 Å². The van der Waals surface area contributed by atoms with Gasteiger partial charge in [0.1, 0.15) is 17.3 Å². The van der Waals surface area contributed by atoms with Crippen LogP contribution in [0.1, 0.15) is 24.2 Å². The molecular formula is C15H14BrFO2. The molecule has 0 unspecified atom stereocenters. The molecule has 2 nitrogen and oxygen atoms in total. The van der Waals surface area contributed by atoms with Crippen LogP contribution < -0.4 is 4.74 Å². The Hall–Kier alpha value is -1.39. The highest BCUT2D eigenvalue weighted by molar-refractivity contribution is 9.10. The lowest BCUT2D eigenvalue weighted by Gasteiger charge is -2.11. The van der Waals surface area contributed by atoms with Crippen LogP contribution in [0.5, 0.6) is 11.5 Å². The van der Waals surface area contributed by atoms with E-state index in [1.54, 1.807) is 44.2 Å². The van der Waals surface area contributed by atoms with Gasteiger partial charge < -0.3 is 9.84 Å². The number of rotatable bonds is 3. The van der Waals surface area contributed by atoms with Crippen LogP contribution >= 0.6 is 15.9 Å². The van der Waals surface area contributed by atoms with Gasteiger partial charge in [-0.2, -0.15) is 0 Å². The van der Waals surface area contributed by atoms with E-state index in [1.807, 2.05) is 0 Å². The summed E-state index contributed by atoms with van der Waals surface area (Å²) in [5, 5.41) is 9.53. The third-order valence-corrected chi connectivity index (χ3v) is 3.49. The number of hydrogen-bond acceptors (Lipinski definition) is 2. The van der Waals surface area contributed by atoms with Crippen molar-refractivity contribution in [3.05, 3.63) is 57.8 Å². The summed E-state index contributed by atoms with van der Waals surface area (Å²) >= 11 is 3.37. The Kier molecular flexibility index (Phi) is 4.22. The summed E-state index contributed by atoms with van der Waals surface area (Å²) in [6.45, 7) is 3.39. The highest BCUT2D eigenvalue weighted by Gasteiger charge is 2.08. The van der Waals surface area contributed by atoms with Crippen molar-refractivity contribution in [3.63, 3.8) is 0 Å². The molecule has 0 fully saturated rings. The maximum absolute atomic E-state index is 13.4. The molecule has 2 aromatic carbocycles. The van der Waals surface area contributed by atoms with E-state index in [9.17, 15) is 9.50 Å². The van der Waals surface area contributed by atoms with Gasteiger partial charge in [-0.15, -0.1) is 0 Å². The normalized spacial score (nSPS) is 12.3. The van der Waals surface area contributed by atoms with Gasteiger partial charge in [0.15, 0.2) is 0 Å². The van der Waals surface area contributed by atoms with Crippen LogP contribution in [0.2, 0.25) is 0 Å². The van der Waals surface area contributed by atoms with Gasteiger partial charge in [-0.25, -0.2) is 4.39 Å². The molecule has 0 amide bonds. The Bertz CT molecular complexity index is 597. The zero-order chi connectivity index (χ0) is 14.0. The average Bonchev–Trinajstić information content (AvgIpc) is 2.33. The molecule has 0 bridgehead atoms. The van der Waals surface area contributed by atoms with Crippen molar-refractivity contribution >= 4 is 15.9 Å². The fourth-order valence-electron chi connectivity index (χ4n) is 1.68. The zero-order valence-corrected chi connectivity index (χ0v) is 12.2. The van der Waals surface area contributed by atoms with Crippen molar-refractivity contribution in [1.29, 1.82) is 0 Å². The number of aliphatic hydroxyl groups excluding tert-OH is 1. The number of ether oxygens (including phenoxy) is 1. The fraction of sp³-hybridized carbons (Fsp3) is 0.200. The molecule has 100 valence electrons. The smallest absolute Gasteiger partial charge is 0.130 e. The molecule has 0 spiro atoms. The summed E-state index contributed by atoms with van der Waals surface area (Å²) in [5.74, 6) is 0.733. The van der Waals surface area contributed by atoms with Gasteiger partial charge in [-0.1, -0.05) is 28.1 Å². The number of aliphatic hydroxyl groups is 1. The largest absolute Gasteiger partial charge is 0.457 e. The summed E-state index contributed by atoms with van der Waals surface area (Å²) in [6, 6.07) is 10.0. The summed E-state index contributed by atoms with van der Waals surface area (Å²) in [6.07, 6.45) is -0.555. The van der Waals surface area contributed by atoms with Crippen molar-refractivity contribution in [2.75, 3.05) is 0 Å². The first kappa shape index (κ1) is 14.0. The molecule has 0 aliphatic rings. The van der Waals surface area contributed by atoms with E-state index in [0.717, 1.165) is 10.0 Å². The minimum absolute atomic E-state index is 0.294. The summed E-state index contributed by atoms with van der Waals surface area (Å²) < 4.78 is 19.7. The Balaban J connectivity index is 2.24. The minimum Gasteiger partial charge on any atom is -0.457 e. The topological polar surface area (TPSA) is 29.5 Å². The zero-order valence-electron chi connectivity index (χ0n) is 10.7. The van der Waals surface area contributed by atoms with Gasteiger partial charge >= 0.3 is 0 Å². The Morgan fingerprint density at radius 3 is 2.37 bits per heavy atom. The van der Waals surface area contributed by atoms with Gasteiger partial charge in [-0.05, 0) is 43.2 Å². The van der Waals surface area contributed by atoms with Crippen molar-refractivity contribution in [2.24, 2.45) is 0 Å². The Morgan fingerprint density at radius 1 is 1.16 bits per heavy atom. The summed E-state index contributed by atoms with van der Waals surface area (Å²) in [4.78, 5) is 0. The van der Waals surface area contributed by atoms with Gasteiger partial charge in [-0.3, -0.25) is 0 Å². The van der Waals surface area contributed by atoms with E-state index >= 15 is 0 Å². The second kappa shape index (κ2) is 5.72. The molecule has 2 rings (SSSR count). The first-order valence-corrected chi connectivity index (χ1v) is 6.68. The molecule has 1 atom stereocenters. The predicted molar refractivity (Wildman–Crippen MR) is 76.0 cm³/mol. The standard InChI is InChI=1S/C15H14BrFO2/c1-9-3-4-12(8-15(9)17)19-11-5-6-13(10(2)18)14(16)7-11/h3-8,10,18H,1-2H3/t10-/m0/s1. The number of benzene rings is 2. The molecule has 0 aromatic heterocycles. The molecule has 4 heteroatoms. The average molecular weight is 325 g/mol. The van der Waals surface area contributed by atoms with Gasteiger partial charge in [0.25, 0.3) is 0 Å². The van der Waals surface area contributed by atoms with E-state index in [-0.39, 0.29) is 5.82 Å². The van der Waals surface area contributed by atoms with E-state index in [0.29, 0.717) is 17.1 Å². The molecule has 0 saturated heterocycles. The lowest BCUT2D eigenvalue weighted by atomic mass is 10.1. The molecule has 0 radical (unpaired) electrons. The maximum atomic E-state index is 13.4. The van der Waals surface area contributed by atoms with E-state index < -0.39 is 6.10 Å². The third kappa shape index (κ3) is 3.33. The second-order valence-electron chi connectivity index (χ2n) is 4.37. The van der Waals surface area contributed by atoms with Crippen molar-refractivity contribution in [2.45, 2.75) is 20.0 Å². The first-order valence-electron chi connectivity index (χ1n) is 5.89. The van der Waals surface area contributed by atoms with Crippen LogP contribution in [0, 0.1) is 12.7 Å². The number of aryl methyl sites for hydroxylation is 1.